The lowest BCUT2D eigenvalue weighted by molar-refractivity contribution is 0.0984. The summed E-state index contributed by atoms with van der Waals surface area (Å²) in [6.45, 7) is 7.42. The summed E-state index contributed by atoms with van der Waals surface area (Å²) in [6.07, 6.45) is 2.70. The highest BCUT2D eigenvalue weighted by atomic mass is 16.5. The lowest BCUT2D eigenvalue weighted by Crippen LogP contribution is -2.44. The third kappa shape index (κ3) is 3.97. The van der Waals surface area contributed by atoms with Gasteiger partial charge >= 0.3 is 6.03 Å². The Balaban J connectivity index is 1.49. The lowest BCUT2D eigenvalue weighted by Gasteiger charge is -2.35. The molecule has 1 atom stereocenters. The molecule has 3 aliphatic rings. The van der Waals surface area contributed by atoms with Crippen molar-refractivity contribution in [3.8, 4) is 11.4 Å². The molecule has 3 heterocycles. The van der Waals surface area contributed by atoms with Crippen molar-refractivity contribution in [2.24, 2.45) is 11.7 Å². The van der Waals surface area contributed by atoms with Crippen LogP contribution in [0.2, 0.25) is 0 Å². The molecule has 0 spiro atoms. The SMILES string of the molecule is CC1COCCN1c1nc(-c2ccc(NC(N)=O)cc2)nc2c1CN(CC1CC1)C2. The second-order valence-electron chi connectivity index (χ2n) is 8.59. The van der Waals surface area contributed by atoms with Crippen LogP contribution in [0.5, 0.6) is 0 Å². The molecule has 1 aromatic carbocycles. The Hall–Kier alpha value is -2.71. The number of carbonyl (C=O) groups excluding carboxylic acids is 1. The molecular weight excluding hydrogens is 380 g/mol. The Morgan fingerprint density at radius 2 is 2.03 bits per heavy atom. The fraction of sp³-hybridized carbons (Fsp3) is 0.500. The van der Waals surface area contributed by atoms with Gasteiger partial charge in [-0.2, -0.15) is 0 Å². The Labute approximate surface area is 176 Å². The van der Waals surface area contributed by atoms with E-state index in [0.29, 0.717) is 12.3 Å². The van der Waals surface area contributed by atoms with Crippen LogP contribution in [0.15, 0.2) is 24.3 Å². The summed E-state index contributed by atoms with van der Waals surface area (Å²) in [5.41, 5.74) is 9.19. The summed E-state index contributed by atoms with van der Waals surface area (Å²) in [4.78, 5) is 25.9. The van der Waals surface area contributed by atoms with Crippen LogP contribution in [0.25, 0.3) is 11.4 Å². The molecule has 0 radical (unpaired) electrons. The highest BCUT2D eigenvalue weighted by Gasteiger charge is 2.33. The van der Waals surface area contributed by atoms with E-state index >= 15 is 0 Å². The number of benzene rings is 1. The van der Waals surface area contributed by atoms with E-state index in [9.17, 15) is 4.79 Å². The Kier molecular flexibility index (Phi) is 5.04. The number of hydrogen-bond donors (Lipinski definition) is 2. The molecule has 1 aromatic heterocycles. The van der Waals surface area contributed by atoms with E-state index in [-0.39, 0.29) is 6.04 Å². The number of hydrogen-bond acceptors (Lipinski definition) is 6. The maximum Gasteiger partial charge on any atom is 0.316 e. The van der Waals surface area contributed by atoms with E-state index in [4.69, 9.17) is 20.4 Å². The molecule has 8 nitrogen and oxygen atoms in total. The molecular formula is C22H28N6O2. The monoisotopic (exact) mass is 408 g/mol. The fourth-order valence-corrected chi connectivity index (χ4v) is 4.35. The number of anilines is 2. The largest absolute Gasteiger partial charge is 0.377 e. The summed E-state index contributed by atoms with van der Waals surface area (Å²) in [5.74, 6) is 2.62. The van der Waals surface area contributed by atoms with Crippen LogP contribution in [0, 0.1) is 5.92 Å². The molecule has 2 amide bonds. The lowest BCUT2D eigenvalue weighted by atomic mass is 10.1. The number of nitrogens with two attached hydrogens (primary N) is 1. The van der Waals surface area contributed by atoms with E-state index < -0.39 is 6.03 Å². The number of rotatable bonds is 5. The predicted molar refractivity (Wildman–Crippen MR) is 115 cm³/mol. The summed E-state index contributed by atoms with van der Waals surface area (Å²) < 4.78 is 5.65. The first kappa shape index (κ1) is 19.3. The van der Waals surface area contributed by atoms with Gasteiger partial charge in [-0.05, 0) is 49.9 Å². The molecule has 1 saturated carbocycles. The van der Waals surface area contributed by atoms with Crippen molar-refractivity contribution in [3.05, 3.63) is 35.5 Å². The van der Waals surface area contributed by atoms with Crippen molar-refractivity contribution in [3.63, 3.8) is 0 Å². The van der Waals surface area contributed by atoms with Gasteiger partial charge in [-0.1, -0.05) is 0 Å². The van der Waals surface area contributed by atoms with Crippen molar-refractivity contribution in [1.82, 2.24) is 14.9 Å². The molecule has 2 fully saturated rings. The van der Waals surface area contributed by atoms with Crippen LogP contribution in [0.4, 0.5) is 16.3 Å². The van der Waals surface area contributed by atoms with Gasteiger partial charge in [0.15, 0.2) is 5.82 Å². The smallest absolute Gasteiger partial charge is 0.316 e. The molecule has 1 aliphatic carbocycles. The third-order valence-electron chi connectivity index (χ3n) is 6.09. The third-order valence-corrected chi connectivity index (χ3v) is 6.09. The molecule has 1 unspecified atom stereocenters. The number of urea groups is 1. The minimum atomic E-state index is -0.573. The van der Waals surface area contributed by atoms with Gasteiger partial charge < -0.3 is 20.7 Å². The van der Waals surface area contributed by atoms with Gasteiger partial charge in [0.2, 0.25) is 0 Å². The van der Waals surface area contributed by atoms with E-state index in [1.54, 1.807) is 0 Å². The number of fused-ring (bicyclic) bond motifs is 1. The van der Waals surface area contributed by atoms with E-state index in [0.717, 1.165) is 61.6 Å². The number of morpholine rings is 1. The normalized spacial score (nSPS) is 21.5. The average molecular weight is 409 g/mol. The zero-order valence-corrected chi connectivity index (χ0v) is 17.3. The van der Waals surface area contributed by atoms with Crippen molar-refractivity contribution in [1.29, 1.82) is 0 Å². The highest BCUT2D eigenvalue weighted by molar-refractivity contribution is 5.88. The van der Waals surface area contributed by atoms with Gasteiger partial charge in [0, 0.05) is 43.0 Å². The predicted octanol–water partition coefficient (Wildman–Crippen LogP) is 2.58. The van der Waals surface area contributed by atoms with Crippen LogP contribution in [-0.4, -0.2) is 53.2 Å². The second-order valence-corrected chi connectivity index (χ2v) is 8.59. The zero-order chi connectivity index (χ0) is 20.7. The summed E-state index contributed by atoms with van der Waals surface area (Å²) in [5, 5.41) is 2.59. The van der Waals surface area contributed by atoms with Crippen molar-refractivity contribution in [2.45, 2.75) is 38.9 Å². The molecule has 158 valence electrons. The number of amides is 2. The van der Waals surface area contributed by atoms with E-state index in [1.165, 1.54) is 18.4 Å². The topological polar surface area (TPSA) is 96.6 Å². The van der Waals surface area contributed by atoms with E-state index in [1.807, 2.05) is 24.3 Å². The molecule has 5 rings (SSSR count). The van der Waals surface area contributed by atoms with Crippen LogP contribution in [0.1, 0.15) is 31.0 Å². The number of nitrogens with zero attached hydrogens (tertiary/aromatic N) is 4. The second kappa shape index (κ2) is 7.85. The fourth-order valence-electron chi connectivity index (χ4n) is 4.35. The number of ether oxygens (including phenoxy) is 1. The van der Waals surface area contributed by atoms with Crippen molar-refractivity contribution >= 4 is 17.5 Å². The van der Waals surface area contributed by atoms with Crippen molar-refractivity contribution in [2.75, 3.05) is 36.5 Å². The number of carbonyl (C=O) groups is 1. The van der Waals surface area contributed by atoms with Crippen LogP contribution < -0.4 is 16.0 Å². The van der Waals surface area contributed by atoms with Gasteiger partial charge in [0.1, 0.15) is 5.82 Å². The number of nitrogens with one attached hydrogen (secondary N) is 1. The number of primary amides is 1. The average Bonchev–Trinajstić information content (AvgIpc) is 3.44. The standard InChI is InChI=1S/C22H28N6O2/c1-14-13-30-9-8-28(14)21-18-11-27(10-15-2-3-15)12-19(18)25-20(26-21)16-4-6-17(7-5-16)24-22(23)29/h4-7,14-15H,2-3,8-13H2,1H3,(H3,23,24,29). The van der Waals surface area contributed by atoms with Crippen LogP contribution in [-0.2, 0) is 17.8 Å². The summed E-state index contributed by atoms with van der Waals surface area (Å²) in [6, 6.07) is 7.22. The van der Waals surface area contributed by atoms with Gasteiger partial charge in [-0.25, -0.2) is 14.8 Å². The molecule has 2 aromatic rings. The highest BCUT2D eigenvalue weighted by Crippen LogP contribution is 2.36. The summed E-state index contributed by atoms with van der Waals surface area (Å²) in [7, 11) is 0. The van der Waals surface area contributed by atoms with Gasteiger partial charge in [-0.15, -0.1) is 0 Å². The first-order chi connectivity index (χ1) is 14.6. The molecule has 8 heteroatoms. The maximum atomic E-state index is 11.1. The molecule has 0 bridgehead atoms. The van der Waals surface area contributed by atoms with E-state index in [2.05, 4.69) is 22.0 Å². The minimum absolute atomic E-state index is 0.283. The van der Waals surface area contributed by atoms with Gasteiger partial charge in [0.05, 0.1) is 24.9 Å². The van der Waals surface area contributed by atoms with Crippen LogP contribution in [0.3, 0.4) is 0 Å². The number of aromatic nitrogens is 2. The Bertz CT molecular complexity index is 943. The van der Waals surface area contributed by atoms with Crippen molar-refractivity contribution < 1.29 is 9.53 Å². The molecule has 1 saturated heterocycles. The molecule has 3 N–H and O–H groups in total. The Morgan fingerprint density at radius 3 is 2.73 bits per heavy atom. The van der Waals surface area contributed by atoms with Gasteiger partial charge in [0.25, 0.3) is 0 Å². The first-order valence-corrected chi connectivity index (χ1v) is 10.7. The summed E-state index contributed by atoms with van der Waals surface area (Å²) >= 11 is 0. The molecule has 30 heavy (non-hydrogen) atoms. The zero-order valence-electron chi connectivity index (χ0n) is 17.3. The quantitative estimate of drug-likeness (QED) is 0.789. The van der Waals surface area contributed by atoms with Gasteiger partial charge in [-0.3, -0.25) is 4.90 Å². The first-order valence-electron chi connectivity index (χ1n) is 10.7. The maximum absolute atomic E-state index is 11.1. The minimum Gasteiger partial charge on any atom is -0.377 e. The molecule has 2 aliphatic heterocycles. The Morgan fingerprint density at radius 1 is 1.23 bits per heavy atom. The van der Waals surface area contributed by atoms with Crippen LogP contribution >= 0.6 is 0 Å².